The van der Waals surface area contributed by atoms with E-state index in [1.54, 1.807) is 25.4 Å². The van der Waals surface area contributed by atoms with Crippen LogP contribution in [0.15, 0.2) is 30.0 Å². The molecular weight excluding hydrogens is 252 g/mol. The van der Waals surface area contributed by atoms with Crippen molar-refractivity contribution >= 4 is 11.7 Å². The number of hydrogen-bond donors (Lipinski definition) is 1. The number of amides is 1. The fourth-order valence-corrected chi connectivity index (χ4v) is 2.69. The van der Waals surface area contributed by atoms with Crippen LogP contribution in [0.1, 0.15) is 27.7 Å². The summed E-state index contributed by atoms with van der Waals surface area (Å²) in [5.41, 5.74) is 1.25. The minimum Gasteiger partial charge on any atom is -0.493 e. The Morgan fingerprint density at radius 1 is 1.45 bits per heavy atom. The molecular formula is C16H22N2O2. The van der Waals surface area contributed by atoms with E-state index in [4.69, 9.17) is 4.74 Å². The minimum atomic E-state index is -0.0101. The van der Waals surface area contributed by atoms with Gasteiger partial charge in [-0.2, -0.15) is 0 Å². The van der Waals surface area contributed by atoms with Crippen molar-refractivity contribution in [3.05, 3.63) is 30.0 Å². The summed E-state index contributed by atoms with van der Waals surface area (Å²) >= 11 is 0. The first-order chi connectivity index (χ1) is 9.37. The highest BCUT2D eigenvalue weighted by molar-refractivity contribution is 5.96. The molecule has 1 aliphatic rings. The van der Waals surface area contributed by atoms with E-state index in [9.17, 15) is 4.79 Å². The van der Waals surface area contributed by atoms with Crippen LogP contribution in [-0.4, -0.2) is 18.0 Å². The average Bonchev–Trinajstić information content (AvgIpc) is 2.90. The molecule has 4 heteroatoms. The molecule has 0 aliphatic heterocycles. The molecule has 0 spiro atoms. The van der Waals surface area contributed by atoms with E-state index in [1.165, 1.54) is 5.57 Å². The predicted molar refractivity (Wildman–Crippen MR) is 79.6 cm³/mol. The summed E-state index contributed by atoms with van der Waals surface area (Å²) in [5.74, 6) is 1.36. The molecule has 1 aliphatic carbocycles. The van der Waals surface area contributed by atoms with Crippen molar-refractivity contribution in [2.24, 2.45) is 17.3 Å². The van der Waals surface area contributed by atoms with E-state index in [2.05, 4.69) is 44.1 Å². The highest BCUT2D eigenvalue weighted by Gasteiger charge is 2.60. The minimum absolute atomic E-state index is 0.00334. The van der Waals surface area contributed by atoms with E-state index in [0.717, 1.165) is 0 Å². The van der Waals surface area contributed by atoms with Crippen molar-refractivity contribution in [3.8, 4) is 5.75 Å². The number of rotatable bonds is 4. The third kappa shape index (κ3) is 2.69. The standard InChI is InChI=1S/C16H22N2O2/c1-10(2)9-11-13(16(11,3)4)15(19)18-14-12(20-5)7-6-8-17-14/h6-9,11,13H,1-5H3,(H,17,18,19)/t11-,13+/m1/s1. The quantitative estimate of drug-likeness (QED) is 0.857. The molecule has 0 aromatic carbocycles. The van der Waals surface area contributed by atoms with Crippen molar-refractivity contribution in [2.75, 3.05) is 12.4 Å². The summed E-state index contributed by atoms with van der Waals surface area (Å²) in [6.45, 7) is 8.37. The number of allylic oxidation sites excluding steroid dienone is 2. The van der Waals surface area contributed by atoms with E-state index in [0.29, 0.717) is 17.5 Å². The molecule has 1 saturated carbocycles. The van der Waals surface area contributed by atoms with Gasteiger partial charge in [0.1, 0.15) is 0 Å². The number of pyridine rings is 1. The number of carbonyl (C=O) groups is 1. The average molecular weight is 274 g/mol. The lowest BCUT2D eigenvalue weighted by Crippen LogP contribution is -2.18. The van der Waals surface area contributed by atoms with Crippen molar-refractivity contribution in [2.45, 2.75) is 27.7 Å². The fourth-order valence-electron chi connectivity index (χ4n) is 2.69. The SMILES string of the molecule is COc1cccnc1NC(=O)[C@@H]1[C@@H](C=C(C)C)C1(C)C. The number of methoxy groups -OCH3 is 1. The highest BCUT2D eigenvalue weighted by Crippen LogP contribution is 2.59. The van der Waals surface area contributed by atoms with E-state index in [-0.39, 0.29) is 17.2 Å². The van der Waals surface area contributed by atoms with Gasteiger partial charge in [0.2, 0.25) is 5.91 Å². The molecule has 1 heterocycles. The summed E-state index contributed by atoms with van der Waals surface area (Å²) in [7, 11) is 1.57. The number of nitrogens with one attached hydrogen (secondary N) is 1. The summed E-state index contributed by atoms with van der Waals surface area (Å²) < 4.78 is 5.20. The third-order valence-electron chi connectivity index (χ3n) is 3.94. The Bertz CT molecular complexity index is 545. The Hall–Kier alpha value is -1.84. The first kappa shape index (κ1) is 14.6. The first-order valence-corrected chi connectivity index (χ1v) is 6.83. The van der Waals surface area contributed by atoms with Crippen molar-refractivity contribution in [1.29, 1.82) is 0 Å². The Kier molecular flexibility index (Phi) is 3.84. The van der Waals surface area contributed by atoms with Gasteiger partial charge in [-0.25, -0.2) is 4.98 Å². The predicted octanol–water partition coefficient (Wildman–Crippen LogP) is 3.27. The molecule has 1 fully saturated rings. The molecule has 1 aromatic rings. The maximum absolute atomic E-state index is 12.4. The molecule has 1 aromatic heterocycles. The van der Waals surface area contributed by atoms with Crippen molar-refractivity contribution in [3.63, 3.8) is 0 Å². The molecule has 2 rings (SSSR count). The second-order valence-corrected chi connectivity index (χ2v) is 6.11. The molecule has 1 N–H and O–H groups in total. The number of hydrogen-bond acceptors (Lipinski definition) is 3. The summed E-state index contributed by atoms with van der Waals surface area (Å²) in [6.07, 6.45) is 3.82. The third-order valence-corrected chi connectivity index (χ3v) is 3.94. The Balaban J connectivity index is 2.12. The van der Waals surface area contributed by atoms with Crippen LogP contribution < -0.4 is 10.1 Å². The number of anilines is 1. The van der Waals surface area contributed by atoms with Crippen LogP contribution in [0.2, 0.25) is 0 Å². The smallest absolute Gasteiger partial charge is 0.229 e. The maximum Gasteiger partial charge on any atom is 0.229 e. The van der Waals surface area contributed by atoms with Crippen LogP contribution in [0.3, 0.4) is 0 Å². The van der Waals surface area contributed by atoms with Gasteiger partial charge in [-0.05, 0) is 37.3 Å². The zero-order valence-electron chi connectivity index (χ0n) is 12.7. The van der Waals surface area contributed by atoms with Gasteiger partial charge in [-0.15, -0.1) is 0 Å². The lowest BCUT2D eigenvalue weighted by Gasteiger charge is -2.09. The molecule has 4 nitrogen and oxygen atoms in total. The topological polar surface area (TPSA) is 51.2 Å². The highest BCUT2D eigenvalue weighted by atomic mass is 16.5. The second-order valence-electron chi connectivity index (χ2n) is 6.11. The summed E-state index contributed by atoms with van der Waals surface area (Å²) in [6, 6.07) is 3.57. The lowest BCUT2D eigenvalue weighted by atomic mass is 10.1. The molecule has 0 bridgehead atoms. The molecule has 108 valence electrons. The van der Waals surface area contributed by atoms with Crippen LogP contribution in [0.4, 0.5) is 5.82 Å². The van der Waals surface area contributed by atoms with Gasteiger partial charge in [0.25, 0.3) is 0 Å². The van der Waals surface area contributed by atoms with Crippen LogP contribution in [-0.2, 0) is 4.79 Å². The maximum atomic E-state index is 12.4. The first-order valence-electron chi connectivity index (χ1n) is 6.83. The van der Waals surface area contributed by atoms with Gasteiger partial charge < -0.3 is 10.1 Å². The van der Waals surface area contributed by atoms with E-state index < -0.39 is 0 Å². The Labute approximate surface area is 120 Å². The largest absolute Gasteiger partial charge is 0.493 e. The van der Waals surface area contributed by atoms with Crippen LogP contribution >= 0.6 is 0 Å². The van der Waals surface area contributed by atoms with Gasteiger partial charge in [0.05, 0.1) is 13.0 Å². The van der Waals surface area contributed by atoms with Gasteiger partial charge in [-0.3, -0.25) is 4.79 Å². The number of ether oxygens (including phenoxy) is 1. The molecule has 2 atom stereocenters. The second kappa shape index (κ2) is 5.27. The molecule has 0 radical (unpaired) electrons. The Morgan fingerprint density at radius 3 is 2.75 bits per heavy atom. The van der Waals surface area contributed by atoms with Gasteiger partial charge in [-0.1, -0.05) is 25.5 Å². The zero-order chi connectivity index (χ0) is 14.9. The number of carbonyl (C=O) groups excluding carboxylic acids is 1. The summed E-state index contributed by atoms with van der Waals surface area (Å²) in [4.78, 5) is 16.6. The molecule has 0 saturated heterocycles. The lowest BCUT2D eigenvalue weighted by molar-refractivity contribution is -0.118. The molecule has 20 heavy (non-hydrogen) atoms. The fraction of sp³-hybridized carbons (Fsp3) is 0.500. The number of aromatic nitrogens is 1. The monoisotopic (exact) mass is 274 g/mol. The van der Waals surface area contributed by atoms with E-state index >= 15 is 0 Å². The van der Waals surface area contributed by atoms with Gasteiger partial charge >= 0.3 is 0 Å². The van der Waals surface area contributed by atoms with E-state index in [1.807, 2.05) is 0 Å². The summed E-state index contributed by atoms with van der Waals surface area (Å²) in [5, 5.41) is 2.88. The van der Waals surface area contributed by atoms with Crippen molar-refractivity contribution < 1.29 is 9.53 Å². The van der Waals surface area contributed by atoms with Crippen LogP contribution in [0.5, 0.6) is 5.75 Å². The van der Waals surface area contributed by atoms with Crippen LogP contribution in [0, 0.1) is 17.3 Å². The van der Waals surface area contributed by atoms with Crippen LogP contribution in [0.25, 0.3) is 0 Å². The Morgan fingerprint density at radius 2 is 2.15 bits per heavy atom. The number of nitrogens with zero attached hydrogens (tertiary/aromatic N) is 1. The zero-order valence-corrected chi connectivity index (χ0v) is 12.7. The molecule has 1 amide bonds. The van der Waals surface area contributed by atoms with Gasteiger partial charge in [0, 0.05) is 6.20 Å². The van der Waals surface area contributed by atoms with Crippen molar-refractivity contribution in [1.82, 2.24) is 4.98 Å². The normalized spacial score (nSPS) is 22.9. The van der Waals surface area contributed by atoms with Gasteiger partial charge in [0.15, 0.2) is 11.6 Å². The molecule has 0 unspecified atom stereocenters.